The summed E-state index contributed by atoms with van der Waals surface area (Å²) >= 11 is 0. The highest BCUT2D eigenvalue weighted by molar-refractivity contribution is 7.85. The van der Waals surface area contributed by atoms with Gasteiger partial charge < -0.3 is 9.57 Å². The molecule has 8 heteroatoms. The molecule has 0 spiro atoms. The second-order valence-electron chi connectivity index (χ2n) is 9.85. The Morgan fingerprint density at radius 3 is 2.10 bits per heavy atom. The molecule has 176 valence electrons. The summed E-state index contributed by atoms with van der Waals surface area (Å²) in [6, 6.07) is 6.12. The number of esters is 1. The maximum atomic E-state index is 13.0. The minimum atomic E-state index is -4.21. The number of hydrogen-bond acceptors (Lipinski definition) is 6. The van der Waals surface area contributed by atoms with Gasteiger partial charge in [0.2, 0.25) is 0 Å². The van der Waals surface area contributed by atoms with Gasteiger partial charge in [-0.2, -0.15) is 13.5 Å². The Morgan fingerprint density at radius 2 is 1.68 bits per heavy atom. The van der Waals surface area contributed by atoms with Crippen molar-refractivity contribution in [2.24, 2.45) is 5.92 Å². The summed E-state index contributed by atoms with van der Waals surface area (Å²) < 4.78 is 37.6. The van der Waals surface area contributed by atoms with Crippen molar-refractivity contribution in [1.82, 2.24) is 5.06 Å². The van der Waals surface area contributed by atoms with Crippen molar-refractivity contribution in [2.75, 3.05) is 7.11 Å². The third-order valence-corrected chi connectivity index (χ3v) is 7.10. The highest BCUT2D eigenvalue weighted by atomic mass is 32.2. The van der Waals surface area contributed by atoms with E-state index in [1.165, 1.54) is 12.1 Å². The SMILES string of the molecule is CCC(CC(C)c1ccc(S(=O)(=O)O)cc1)C(=O)OC1CC(C)(C)N(OC)C(C)(C)C1. The number of ether oxygens (including phenoxy) is 1. The largest absolute Gasteiger partial charge is 0.462 e. The molecular formula is C23H37NO6S. The third-order valence-electron chi connectivity index (χ3n) is 6.23. The van der Waals surface area contributed by atoms with E-state index < -0.39 is 10.1 Å². The predicted molar refractivity (Wildman–Crippen MR) is 119 cm³/mol. The fourth-order valence-electron chi connectivity index (χ4n) is 4.97. The maximum absolute atomic E-state index is 13.0. The number of nitrogens with zero attached hydrogens (tertiary/aromatic N) is 1. The average molecular weight is 456 g/mol. The summed E-state index contributed by atoms with van der Waals surface area (Å²) in [5.74, 6) is -0.398. The Bertz CT molecular complexity index is 845. The van der Waals surface area contributed by atoms with E-state index in [2.05, 4.69) is 27.7 Å². The molecular weight excluding hydrogens is 418 g/mol. The van der Waals surface area contributed by atoms with Gasteiger partial charge in [0, 0.05) is 23.9 Å². The Balaban J connectivity index is 2.05. The average Bonchev–Trinajstić information content (AvgIpc) is 2.63. The highest BCUT2D eigenvalue weighted by Gasteiger charge is 2.47. The summed E-state index contributed by atoms with van der Waals surface area (Å²) in [5.41, 5.74) is 0.394. The van der Waals surface area contributed by atoms with E-state index in [-0.39, 0.29) is 39.9 Å². The first-order valence-electron chi connectivity index (χ1n) is 10.8. The first-order valence-corrected chi connectivity index (χ1v) is 12.3. The standard InChI is InChI=1S/C23H37NO6S/c1-8-17(13-16(2)18-9-11-20(12-10-18)31(26,27)28)21(25)30-19-14-22(3,4)24(29-7)23(5,6)15-19/h9-12,16-17,19H,8,13-15H2,1-7H3,(H,26,27,28). The number of hydroxylamine groups is 2. The second kappa shape index (κ2) is 9.57. The van der Waals surface area contributed by atoms with Crippen LogP contribution in [0.2, 0.25) is 0 Å². The van der Waals surface area contributed by atoms with Crippen LogP contribution in [0.4, 0.5) is 0 Å². The van der Waals surface area contributed by atoms with Gasteiger partial charge in [0.1, 0.15) is 6.10 Å². The van der Waals surface area contributed by atoms with Crippen molar-refractivity contribution in [3.05, 3.63) is 29.8 Å². The van der Waals surface area contributed by atoms with Gasteiger partial charge in [-0.05, 0) is 64.2 Å². The molecule has 1 aliphatic rings. The van der Waals surface area contributed by atoms with Gasteiger partial charge in [0.25, 0.3) is 10.1 Å². The van der Waals surface area contributed by atoms with Crippen molar-refractivity contribution in [2.45, 2.75) is 95.2 Å². The molecule has 7 nitrogen and oxygen atoms in total. The van der Waals surface area contributed by atoms with Crippen molar-refractivity contribution < 1.29 is 27.3 Å². The van der Waals surface area contributed by atoms with Gasteiger partial charge in [-0.15, -0.1) is 0 Å². The van der Waals surface area contributed by atoms with Gasteiger partial charge >= 0.3 is 5.97 Å². The lowest BCUT2D eigenvalue weighted by Crippen LogP contribution is -2.61. The molecule has 2 rings (SSSR count). The van der Waals surface area contributed by atoms with Gasteiger partial charge in [-0.1, -0.05) is 26.0 Å². The van der Waals surface area contributed by atoms with Crippen LogP contribution >= 0.6 is 0 Å². The fourth-order valence-corrected chi connectivity index (χ4v) is 5.45. The zero-order valence-electron chi connectivity index (χ0n) is 19.7. The molecule has 31 heavy (non-hydrogen) atoms. The van der Waals surface area contributed by atoms with Crippen molar-refractivity contribution in [3.63, 3.8) is 0 Å². The minimum absolute atomic E-state index is 0.0381. The van der Waals surface area contributed by atoms with E-state index in [0.717, 1.165) is 5.56 Å². The molecule has 1 heterocycles. The molecule has 0 bridgehead atoms. The van der Waals surface area contributed by atoms with Gasteiger partial charge in [0.05, 0.1) is 17.9 Å². The number of rotatable bonds is 8. The number of piperidine rings is 1. The van der Waals surface area contributed by atoms with Crippen molar-refractivity contribution in [1.29, 1.82) is 0 Å². The lowest BCUT2D eigenvalue weighted by atomic mass is 9.80. The molecule has 1 aromatic carbocycles. The van der Waals surface area contributed by atoms with Crippen LogP contribution in [0, 0.1) is 5.92 Å². The predicted octanol–water partition coefficient (Wildman–Crippen LogP) is 4.58. The van der Waals surface area contributed by atoms with E-state index in [1.54, 1.807) is 19.2 Å². The van der Waals surface area contributed by atoms with Gasteiger partial charge in [0.15, 0.2) is 0 Å². The van der Waals surface area contributed by atoms with Crippen LogP contribution in [0.15, 0.2) is 29.2 Å². The molecule has 1 aromatic rings. The zero-order chi connectivity index (χ0) is 23.6. The van der Waals surface area contributed by atoms with E-state index in [9.17, 15) is 13.2 Å². The summed E-state index contributed by atoms with van der Waals surface area (Å²) in [5, 5.41) is 1.99. The quantitative estimate of drug-likeness (QED) is 0.453. The molecule has 0 saturated carbocycles. The molecule has 0 amide bonds. The van der Waals surface area contributed by atoms with Crippen LogP contribution < -0.4 is 0 Å². The number of hydrogen-bond donors (Lipinski definition) is 1. The smallest absolute Gasteiger partial charge is 0.309 e. The summed E-state index contributed by atoms with van der Waals surface area (Å²) in [6.45, 7) is 12.3. The van der Waals surface area contributed by atoms with Crippen LogP contribution in [-0.2, 0) is 24.5 Å². The summed E-state index contributed by atoms with van der Waals surface area (Å²) in [7, 11) is -2.54. The van der Waals surface area contributed by atoms with Gasteiger partial charge in [-0.3, -0.25) is 9.35 Å². The second-order valence-corrected chi connectivity index (χ2v) is 11.3. The lowest BCUT2D eigenvalue weighted by Gasteiger charge is -2.52. The van der Waals surface area contributed by atoms with Crippen LogP contribution in [0.1, 0.15) is 78.7 Å². The van der Waals surface area contributed by atoms with Crippen molar-refractivity contribution >= 4 is 16.1 Å². The molecule has 0 aromatic heterocycles. The molecule has 1 saturated heterocycles. The Labute approximate surface area is 186 Å². The molecule has 1 aliphatic heterocycles. The molecule has 0 aliphatic carbocycles. The maximum Gasteiger partial charge on any atom is 0.309 e. The molecule has 2 atom stereocenters. The zero-order valence-corrected chi connectivity index (χ0v) is 20.5. The van der Waals surface area contributed by atoms with E-state index >= 15 is 0 Å². The van der Waals surface area contributed by atoms with Crippen LogP contribution in [0.25, 0.3) is 0 Å². The van der Waals surface area contributed by atoms with Crippen LogP contribution in [-0.4, -0.2) is 48.3 Å². The lowest BCUT2D eigenvalue weighted by molar-refractivity contribution is -0.278. The molecule has 0 radical (unpaired) electrons. The Morgan fingerprint density at radius 1 is 1.16 bits per heavy atom. The van der Waals surface area contributed by atoms with E-state index in [1.807, 2.05) is 18.9 Å². The van der Waals surface area contributed by atoms with Crippen LogP contribution in [0.5, 0.6) is 0 Å². The van der Waals surface area contributed by atoms with E-state index in [4.69, 9.17) is 14.1 Å². The highest BCUT2D eigenvalue weighted by Crippen LogP contribution is 2.40. The number of carbonyl (C=O) groups excluding carboxylic acids is 1. The number of carbonyl (C=O) groups is 1. The minimum Gasteiger partial charge on any atom is -0.462 e. The third kappa shape index (κ3) is 6.28. The summed E-state index contributed by atoms with van der Waals surface area (Å²) in [4.78, 5) is 18.5. The molecule has 2 unspecified atom stereocenters. The molecule has 1 N–H and O–H groups in total. The fraction of sp³-hybridized carbons (Fsp3) is 0.696. The molecule has 1 fully saturated rings. The topological polar surface area (TPSA) is 93.1 Å². The van der Waals surface area contributed by atoms with E-state index in [0.29, 0.717) is 25.7 Å². The Kier molecular flexibility index (Phi) is 7.95. The normalized spacial score (nSPS) is 21.4. The van der Waals surface area contributed by atoms with Gasteiger partial charge in [-0.25, -0.2) is 0 Å². The monoisotopic (exact) mass is 455 g/mol. The summed E-state index contributed by atoms with van der Waals surface area (Å²) in [6.07, 6.45) is 2.47. The van der Waals surface area contributed by atoms with Crippen molar-refractivity contribution in [3.8, 4) is 0 Å². The first-order chi connectivity index (χ1) is 14.2. The van der Waals surface area contributed by atoms with Crippen LogP contribution in [0.3, 0.4) is 0 Å². The number of benzene rings is 1. The first kappa shape index (κ1) is 25.8. The Hall–Kier alpha value is -1.48.